The van der Waals surface area contributed by atoms with Gasteiger partial charge in [-0.05, 0) is 67.6 Å². The third-order valence-corrected chi connectivity index (χ3v) is 7.32. The lowest BCUT2D eigenvalue weighted by atomic mass is 9.77. The average molecular weight is 439 g/mol. The van der Waals surface area contributed by atoms with Crippen molar-refractivity contribution in [3.63, 3.8) is 0 Å². The van der Waals surface area contributed by atoms with Crippen LogP contribution >= 0.6 is 0 Å². The fraction of sp³-hybridized carbons (Fsp3) is 0.655. The van der Waals surface area contributed by atoms with Crippen LogP contribution in [0.2, 0.25) is 0 Å². The largest absolute Gasteiger partial charge is 0.236 e. The van der Waals surface area contributed by atoms with Gasteiger partial charge in [0.05, 0.1) is 0 Å². The smallest absolute Gasteiger partial charge is 0.159 e. The van der Waals surface area contributed by atoms with E-state index in [1.54, 1.807) is 6.07 Å². The van der Waals surface area contributed by atoms with Crippen molar-refractivity contribution in [3.05, 3.63) is 47.5 Å². The van der Waals surface area contributed by atoms with Gasteiger partial charge in [0.2, 0.25) is 0 Å². The highest BCUT2D eigenvalue weighted by Crippen LogP contribution is 2.37. The van der Waals surface area contributed by atoms with Crippen LogP contribution in [0.25, 0.3) is 11.4 Å². The van der Waals surface area contributed by atoms with Gasteiger partial charge in [0.15, 0.2) is 5.82 Å². The van der Waals surface area contributed by atoms with E-state index in [9.17, 15) is 4.39 Å². The average Bonchev–Trinajstić information content (AvgIpc) is 2.83. The predicted octanol–water partition coefficient (Wildman–Crippen LogP) is 9.04. The maximum Gasteiger partial charge on any atom is 0.159 e. The number of rotatable bonds is 13. The van der Waals surface area contributed by atoms with Crippen molar-refractivity contribution in [2.75, 3.05) is 0 Å². The molecule has 0 N–H and O–H groups in total. The number of halogens is 1. The van der Waals surface area contributed by atoms with Crippen molar-refractivity contribution in [2.45, 2.75) is 116 Å². The topological polar surface area (TPSA) is 25.8 Å². The molecule has 32 heavy (non-hydrogen) atoms. The number of benzene rings is 1. The minimum Gasteiger partial charge on any atom is -0.236 e. The maximum absolute atomic E-state index is 14.6. The number of nitrogens with zero attached hydrogens (tertiary/aromatic N) is 2. The Bertz CT molecular complexity index is 778. The third kappa shape index (κ3) is 7.67. The Labute approximate surface area is 195 Å². The molecule has 2 aromatic rings. The molecule has 0 amide bonds. The summed E-state index contributed by atoms with van der Waals surface area (Å²) in [5.74, 6) is 2.01. The first-order chi connectivity index (χ1) is 15.7. The van der Waals surface area contributed by atoms with Crippen LogP contribution in [0.1, 0.15) is 121 Å². The lowest BCUT2D eigenvalue weighted by Gasteiger charge is -2.28. The normalized spacial score (nSPS) is 18.7. The van der Waals surface area contributed by atoms with Gasteiger partial charge in [-0.3, -0.25) is 0 Å². The Kier molecular flexibility index (Phi) is 10.6. The molecule has 0 spiro atoms. The summed E-state index contributed by atoms with van der Waals surface area (Å²) in [6.45, 7) is 4.49. The van der Waals surface area contributed by atoms with E-state index in [2.05, 4.69) is 23.8 Å². The summed E-state index contributed by atoms with van der Waals surface area (Å²) in [6.07, 6.45) is 22.8. The molecule has 1 aliphatic rings. The fourth-order valence-electron chi connectivity index (χ4n) is 5.15. The summed E-state index contributed by atoms with van der Waals surface area (Å²) in [5.41, 5.74) is 2.84. The molecule has 1 aromatic heterocycles. The van der Waals surface area contributed by atoms with Crippen molar-refractivity contribution in [2.24, 2.45) is 5.92 Å². The molecule has 1 aromatic carbocycles. The first kappa shape index (κ1) is 24.9. The summed E-state index contributed by atoms with van der Waals surface area (Å²) in [7, 11) is 0. The Morgan fingerprint density at radius 2 is 1.47 bits per heavy atom. The second kappa shape index (κ2) is 13.7. The van der Waals surface area contributed by atoms with Crippen LogP contribution < -0.4 is 0 Å². The number of hydrogen-bond donors (Lipinski definition) is 0. The molecule has 0 saturated heterocycles. The summed E-state index contributed by atoms with van der Waals surface area (Å²) in [6, 6.07) is 5.51. The lowest BCUT2D eigenvalue weighted by Crippen LogP contribution is -2.14. The molecule has 0 bridgehead atoms. The zero-order valence-electron chi connectivity index (χ0n) is 20.4. The van der Waals surface area contributed by atoms with Crippen LogP contribution in [-0.2, 0) is 6.42 Å². The van der Waals surface area contributed by atoms with Crippen molar-refractivity contribution in [1.29, 1.82) is 0 Å². The fourth-order valence-corrected chi connectivity index (χ4v) is 5.15. The van der Waals surface area contributed by atoms with Crippen LogP contribution in [0.4, 0.5) is 4.39 Å². The second-order valence-electron chi connectivity index (χ2n) is 9.88. The van der Waals surface area contributed by atoms with Crippen LogP contribution in [0.3, 0.4) is 0 Å². The van der Waals surface area contributed by atoms with Gasteiger partial charge in [0, 0.05) is 18.0 Å². The molecule has 3 rings (SSSR count). The van der Waals surface area contributed by atoms with Crippen LogP contribution in [0, 0.1) is 11.7 Å². The maximum atomic E-state index is 14.6. The summed E-state index contributed by atoms with van der Waals surface area (Å²) in [5, 5.41) is 0. The van der Waals surface area contributed by atoms with E-state index in [0.29, 0.717) is 11.7 Å². The second-order valence-corrected chi connectivity index (χ2v) is 9.88. The SMILES string of the molecule is CCCCCCCc1ccc(-c2ncc([C@H]3CC[C@H](CCCCCC)CC3)cn2)cc1F. The highest BCUT2D eigenvalue weighted by Gasteiger charge is 2.22. The minimum absolute atomic E-state index is 0.122. The molecule has 3 heteroatoms. The molecule has 2 nitrogen and oxygen atoms in total. The number of hydrogen-bond acceptors (Lipinski definition) is 2. The molecule has 0 aliphatic heterocycles. The van der Waals surface area contributed by atoms with Crippen molar-refractivity contribution in [1.82, 2.24) is 9.97 Å². The highest BCUT2D eigenvalue weighted by atomic mass is 19.1. The number of aromatic nitrogens is 2. The van der Waals surface area contributed by atoms with E-state index in [1.807, 2.05) is 24.5 Å². The number of unbranched alkanes of at least 4 members (excludes halogenated alkanes) is 7. The number of aryl methyl sites for hydroxylation is 1. The monoisotopic (exact) mass is 438 g/mol. The van der Waals surface area contributed by atoms with Crippen molar-refractivity contribution >= 4 is 0 Å². The molecule has 0 radical (unpaired) electrons. The summed E-state index contributed by atoms with van der Waals surface area (Å²) in [4.78, 5) is 9.20. The molecule has 1 aliphatic carbocycles. The molecule has 1 fully saturated rings. The summed E-state index contributed by atoms with van der Waals surface area (Å²) >= 11 is 0. The van der Waals surface area contributed by atoms with E-state index < -0.39 is 0 Å². The molecular formula is C29H43FN2. The van der Waals surface area contributed by atoms with Gasteiger partial charge in [0.25, 0.3) is 0 Å². The Hall–Kier alpha value is -1.77. The quantitative estimate of drug-likeness (QED) is 0.291. The van der Waals surface area contributed by atoms with E-state index in [-0.39, 0.29) is 5.82 Å². The standard InChI is InChI=1S/C29H43FN2/c1-3-5-7-9-11-13-25-18-19-26(20-28(25)30)29-31-21-27(22-32-29)24-16-14-23(15-17-24)12-10-8-6-4-2/h18-24H,3-17H2,1-2H3/t23-,24-. The zero-order chi connectivity index (χ0) is 22.6. The Morgan fingerprint density at radius 1 is 0.812 bits per heavy atom. The molecule has 0 unspecified atom stereocenters. The Balaban J connectivity index is 1.48. The third-order valence-electron chi connectivity index (χ3n) is 7.32. The van der Waals surface area contributed by atoms with Crippen molar-refractivity contribution < 1.29 is 4.39 Å². The van der Waals surface area contributed by atoms with Gasteiger partial charge in [-0.1, -0.05) is 83.8 Å². The van der Waals surface area contributed by atoms with Crippen LogP contribution in [0.15, 0.2) is 30.6 Å². The van der Waals surface area contributed by atoms with Gasteiger partial charge in [-0.15, -0.1) is 0 Å². The zero-order valence-corrected chi connectivity index (χ0v) is 20.4. The lowest BCUT2D eigenvalue weighted by molar-refractivity contribution is 0.301. The highest BCUT2D eigenvalue weighted by molar-refractivity contribution is 5.55. The van der Waals surface area contributed by atoms with Gasteiger partial charge in [-0.25, -0.2) is 14.4 Å². The minimum atomic E-state index is -0.122. The van der Waals surface area contributed by atoms with Gasteiger partial charge in [-0.2, -0.15) is 0 Å². The van der Waals surface area contributed by atoms with Crippen LogP contribution in [0.5, 0.6) is 0 Å². The summed E-state index contributed by atoms with van der Waals surface area (Å²) < 4.78 is 14.6. The molecule has 1 heterocycles. The van der Waals surface area contributed by atoms with Crippen LogP contribution in [-0.4, -0.2) is 9.97 Å². The van der Waals surface area contributed by atoms with E-state index >= 15 is 0 Å². The van der Waals surface area contributed by atoms with Gasteiger partial charge >= 0.3 is 0 Å². The van der Waals surface area contributed by atoms with E-state index in [4.69, 9.17) is 0 Å². The molecule has 0 atom stereocenters. The predicted molar refractivity (Wildman–Crippen MR) is 133 cm³/mol. The molecular weight excluding hydrogens is 395 g/mol. The van der Waals surface area contributed by atoms with Crippen molar-refractivity contribution in [3.8, 4) is 11.4 Å². The van der Waals surface area contributed by atoms with E-state index in [1.165, 1.54) is 89.0 Å². The first-order valence-corrected chi connectivity index (χ1v) is 13.3. The Morgan fingerprint density at radius 3 is 2.12 bits per heavy atom. The molecule has 1 saturated carbocycles. The van der Waals surface area contributed by atoms with Gasteiger partial charge < -0.3 is 0 Å². The van der Waals surface area contributed by atoms with E-state index in [0.717, 1.165) is 29.9 Å². The first-order valence-electron chi connectivity index (χ1n) is 13.3. The molecule has 176 valence electrons. The van der Waals surface area contributed by atoms with Gasteiger partial charge in [0.1, 0.15) is 5.82 Å².